The van der Waals surface area contributed by atoms with E-state index in [9.17, 15) is 0 Å². The number of furan rings is 1. The van der Waals surface area contributed by atoms with Gasteiger partial charge in [0.25, 0.3) is 0 Å². The van der Waals surface area contributed by atoms with E-state index < -0.39 is 0 Å². The van der Waals surface area contributed by atoms with E-state index in [4.69, 9.17) is 4.42 Å². The molecule has 4 heteroatoms. The van der Waals surface area contributed by atoms with Crippen LogP contribution in [0.3, 0.4) is 0 Å². The Kier molecular flexibility index (Phi) is 6.26. The number of nitrogens with zero attached hydrogens (tertiary/aromatic N) is 1. The molecule has 8 aromatic carbocycles. The minimum absolute atomic E-state index is 0.266. The number of thiophene rings is 2. The Morgan fingerprint density at radius 1 is 0.407 bits per heavy atom. The van der Waals surface area contributed by atoms with E-state index in [1.807, 2.05) is 22.7 Å². The van der Waals surface area contributed by atoms with Crippen molar-refractivity contribution >= 4 is 102 Å². The Balaban J connectivity index is 1.04. The van der Waals surface area contributed by atoms with Crippen LogP contribution < -0.4 is 4.90 Å². The minimum Gasteiger partial charge on any atom is -0.456 e. The first-order valence-electron chi connectivity index (χ1n) is 18.4. The lowest BCUT2D eigenvalue weighted by atomic mass is 9.74. The highest BCUT2D eigenvalue weighted by Crippen LogP contribution is 2.53. The normalized spacial score (nSPS) is 13.4. The molecule has 0 fully saturated rings. The molecule has 0 bridgehead atoms. The van der Waals surface area contributed by atoms with E-state index in [1.165, 1.54) is 68.2 Å². The van der Waals surface area contributed by atoms with Crippen LogP contribution in [0.25, 0.3) is 73.4 Å². The van der Waals surface area contributed by atoms with Gasteiger partial charge in [-0.05, 0) is 101 Å². The number of hydrogen-bond acceptors (Lipinski definition) is 4. The van der Waals surface area contributed by atoms with Gasteiger partial charge >= 0.3 is 0 Å². The van der Waals surface area contributed by atoms with E-state index >= 15 is 0 Å². The molecule has 1 aliphatic rings. The van der Waals surface area contributed by atoms with Gasteiger partial charge in [0.1, 0.15) is 11.2 Å². The number of fused-ring (bicyclic) bond motifs is 12. The number of rotatable bonds is 4. The first kappa shape index (κ1) is 30.3. The van der Waals surface area contributed by atoms with Crippen molar-refractivity contribution in [1.29, 1.82) is 0 Å². The molecule has 0 spiro atoms. The van der Waals surface area contributed by atoms with Crippen molar-refractivity contribution in [1.82, 2.24) is 0 Å². The molecular formula is C50H31NOS2. The van der Waals surface area contributed by atoms with Crippen molar-refractivity contribution in [3.63, 3.8) is 0 Å². The predicted molar refractivity (Wildman–Crippen MR) is 232 cm³/mol. The second kappa shape index (κ2) is 11.2. The molecule has 0 atom stereocenters. The largest absolute Gasteiger partial charge is 0.456 e. The molecule has 1 aliphatic carbocycles. The smallest absolute Gasteiger partial charge is 0.137 e. The molecule has 0 aliphatic heterocycles. The second-order valence-corrected chi connectivity index (χ2v) is 16.8. The molecule has 0 N–H and O–H groups in total. The Bertz CT molecular complexity index is 3280. The van der Waals surface area contributed by atoms with Crippen molar-refractivity contribution < 1.29 is 4.42 Å². The maximum Gasteiger partial charge on any atom is 0.137 e. The molecule has 3 heterocycles. The van der Waals surface area contributed by atoms with Crippen LogP contribution in [0.1, 0.15) is 23.6 Å². The molecule has 254 valence electrons. The maximum atomic E-state index is 6.71. The summed E-state index contributed by atoms with van der Waals surface area (Å²) in [6.45, 7) is 2.37. The fourth-order valence-electron chi connectivity index (χ4n) is 9.13. The van der Waals surface area contributed by atoms with Crippen molar-refractivity contribution in [2.45, 2.75) is 12.3 Å². The van der Waals surface area contributed by atoms with Crippen molar-refractivity contribution in [3.8, 4) is 11.1 Å². The molecule has 0 saturated carbocycles. The summed E-state index contributed by atoms with van der Waals surface area (Å²) in [6.07, 6.45) is 0. The molecule has 2 nitrogen and oxygen atoms in total. The average molecular weight is 726 g/mol. The summed E-state index contributed by atoms with van der Waals surface area (Å²) in [5.74, 6) is 0. The molecule has 11 aromatic rings. The van der Waals surface area contributed by atoms with Gasteiger partial charge in [-0.2, -0.15) is 0 Å². The standard InChI is InChI=1S/C50H31NOS2/c1-50(42-14-6-2-10-34(42)35-11-3-7-15-43(35)50)30-18-24-44-40(26-30)36-22-19-32(28-45(36)52-44)51(31-21-25-48-41(27-31)38-13-5-9-17-47(38)53-48)33-20-23-39-37-12-4-8-16-46(37)54-49(39)29-33/h2-29H,1H3. The van der Waals surface area contributed by atoms with Crippen molar-refractivity contribution in [3.05, 3.63) is 187 Å². The van der Waals surface area contributed by atoms with E-state index in [2.05, 4.69) is 182 Å². The minimum atomic E-state index is -0.266. The van der Waals surface area contributed by atoms with E-state index in [0.717, 1.165) is 39.0 Å². The highest BCUT2D eigenvalue weighted by atomic mass is 32.1. The van der Waals surface area contributed by atoms with Crippen LogP contribution in [0, 0.1) is 0 Å². The maximum absolute atomic E-state index is 6.71. The van der Waals surface area contributed by atoms with Crippen LogP contribution in [0.4, 0.5) is 17.1 Å². The molecule has 0 unspecified atom stereocenters. The summed E-state index contributed by atoms with van der Waals surface area (Å²) in [7, 11) is 0. The molecular weight excluding hydrogens is 695 g/mol. The molecule has 0 amide bonds. The summed E-state index contributed by atoms with van der Waals surface area (Å²) in [6, 6.07) is 62.5. The SMILES string of the molecule is CC1(c2ccc3oc4cc(N(c5ccc6c(c5)sc5ccccc56)c5ccc6sc7ccccc7c6c5)ccc4c3c2)c2ccccc2-c2ccccc21. The fraction of sp³-hybridized carbons (Fsp3) is 0.0400. The Morgan fingerprint density at radius 3 is 1.72 bits per heavy atom. The van der Waals surface area contributed by atoms with Crippen molar-refractivity contribution in [2.75, 3.05) is 4.90 Å². The van der Waals surface area contributed by atoms with Crippen LogP contribution in [0.5, 0.6) is 0 Å². The zero-order chi connectivity index (χ0) is 35.5. The lowest BCUT2D eigenvalue weighted by Crippen LogP contribution is -2.22. The van der Waals surface area contributed by atoms with E-state index in [-0.39, 0.29) is 5.41 Å². The summed E-state index contributed by atoms with van der Waals surface area (Å²) in [4.78, 5) is 2.39. The molecule has 54 heavy (non-hydrogen) atoms. The zero-order valence-corrected chi connectivity index (χ0v) is 31.0. The first-order chi connectivity index (χ1) is 26.6. The predicted octanol–water partition coefficient (Wildman–Crippen LogP) is 15.1. The lowest BCUT2D eigenvalue weighted by Gasteiger charge is -2.28. The van der Waals surface area contributed by atoms with Gasteiger partial charge in [-0.15, -0.1) is 22.7 Å². The van der Waals surface area contributed by atoms with Gasteiger partial charge in [-0.3, -0.25) is 0 Å². The monoisotopic (exact) mass is 725 g/mol. The van der Waals surface area contributed by atoms with Crippen LogP contribution >= 0.6 is 22.7 Å². The number of hydrogen-bond donors (Lipinski definition) is 0. The molecule has 12 rings (SSSR count). The Morgan fingerprint density at radius 2 is 0.963 bits per heavy atom. The quantitative estimate of drug-likeness (QED) is 0.180. The molecule has 0 saturated heterocycles. The van der Waals surface area contributed by atoms with Crippen LogP contribution in [-0.4, -0.2) is 0 Å². The highest BCUT2D eigenvalue weighted by Gasteiger charge is 2.40. The van der Waals surface area contributed by atoms with E-state index in [1.54, 1.807) is 0 Å². The van der Waals surface area contributed by atoms with Gasteiger partial charge in [0.15, 0.2) is 0 Å². The van der Waals surface area contributed by atoms with Crippen molar-refractivity contribution in [2.24, 2.45) is 0 Å². The van der Waals surface area contributed by atoms with Gasteiger partial charge in [-0.25, -0.2) is 0 Å². The Hall–Kier alpha value is -6.20. The third kappa shape index (κ3) is 4.21. The average Bonchev–Trinajstić information content (AvgIpc) is 3.96. The van der Waals surface area contributed by atoms with E-state index in [0.29, 0.717) is 0 Å². The van der Waals surface area contributed by atoms with Gasteiger partial charge in [0.2, 0.25) is 0 Å². The summed E-state index contributed by atoms with van der Waals surface area (Å²) >= 11 is 3.71. The molecule has 3 aromatic heterocycles. The third-order valence-electron chi connectivity index (χ3n) is 11.8. The first-order valence-corrected chi connectivity index (χ1v) is 20.0. The number of benzene rings is 8. The highest BCUT2D eigenvalue weighted by molar-refractivity contribution is 7.26. The lowest BCUT2D eigenvalue weighted by molar-refractivity contribution is 0.667. The zero-order valence-electron chi connectivity index (χ0n) is 29.3. The molecule has 0 radical (unpaired) electrons. The summed E-state index contributed by atoms with van der Waals surface area (Å²) < 4.78 is 11.9. The number of anilines is 3. The summed E-state index contributed by atoms with van der Waals surface area (Å²) in [5.41, 5.74) is 11.4. The van der Waals surface area contributed by atoms with Crippen LogP contribution in [0.15, 0.2) is 174 Å². The second-order valence-electron chi connectivity index (χ2n) is 14.6. The van der Waals surface area contributed by atoms with Gasteiger partial charge in [0.05, 0.1) is 0 Å². The topological polar surface area (TPSA) is 16.4 Å². The summed E-state index contributed by atoms with van der Waals surface area (Å²) in [5, 5.41) is 7.44. The van der Waals surface area contributed by atoms with Gasteiger partial charge in [-0.1, -0.05) is 97.1 Å². The fourth-order valence-corrected chi connectivity index (χ4v) is 11.4. The Labute approximate surface area is 319 Å². The van der Waals surface area contributed by atoms with Crippen LogP contribution in [-0.2, 0) is 5.41 Å². The third-order valence-corrected chi connectivity index (χ3v) is 14.0. The van der Waals surface area contributed by atoms with Gasteiger partial charge in [0, 0.05) is 79.7 Å². The van der Waals surface area contributed by atoms with Gasteiger partial charge < -0.3 is 9.32 Å². The van der Waals surface area contributed by atoms with Crippen LogP contribution in [0.2, 0.25) is 0 Å².